The van der Waals surface area contributed by atoms with Gasteiger partial charge in [0.1, 0.15) is 0 Å². The Hall–Kier alpha value is -2.40. The fourth-order valence-electron chi connectivity index (χ4n) is 2.34. The first-order chi connectivity index (χ1) is 10.9. The Morgan fingerprint density at radius 3 is 2.52 bits per heavy atom. The minimum Gasteiger partial charge on any atom is -0.490 e. The second kappa shape index (κ2) is 5.66. The number of carbonyl (C=O) groups excluding carboxylic acids is 1. The zero-order valence-corrected chi connectivity index (χ0v) is 13.3. The molecular formula is C15H15N2O5P. The third kappa shape index (κ3) is 2.92. The number of amides is 1. The van der Waals surface area contributed by atoms with Gasteiger partial charge in [0.2, 0.25) is 5.91 Å². The van der Waals surface area contributed by atoms with E-state index >= 15 is 0 Å². The first-order valence-corrected chi connectivity index (χ1v) is 8.92. The number of hydrogen-bond donors (Lipinski definition) is 0. The van der Waals surface area contributed by atoms with Crippen LogP contribution < -0.4 is 10.0 Å². The lowest BCUT2D eigenvalue weighted by molar-refractivity contribution is -0.385. The molecule has 0 aromatic heterocycles. The summed E-state index contributed by atoms with van der Waals surface area (Å²) in [6.45, 7) is 0. The highest BCUT2D eigenvalue weighted by atomic mass is 31.2. The van der Waals surface area contributed by atoms with Crippen LogP contribution in [0, 0.1) is 16.0 Å². The number of carbonyl (C=O) groups is 1. The topological polar surface area (TPSA) is 89.8 Å². The molecule has 1 aromatic carbocycles. The van der Waals surface area contributed by atoms with Crippen LogP contribution in [0.5, 0.6) is 5.75 Å². The van der Waals surface area contributed by atoms with Gasteiger partial charge in [-0.15, -0.1) is 0 Å². The maximum absolute atomic E-state index is 13.0. The number of methoxy groups -OCH3 is 1. The van der Waals surface area contributed by atoms with Crippen molar-refractivity contribution in [2.75, 3.05) is 7.11 Å². The molecule has 1 fully saturated rings. The Kier molecular flexibility index (Phi) is 3.82. The molecule has 0 bridgehead atoms. The summed E-state index contributed by atoms with van der Waals surface area (Å²) in [6, 6.07) is 4.14. The number of nitrogens with zero attached hydrogens (tertiary/aromatic N) is 2. The fraction of sp³-hybridized carbons (Fsp3) is 0.267. The molecule has 0 saturated heterocycles. The predicted octanol–water partition coefficient (Wildman–Crippen LogP) is 2.79. The molecule has 1 saturated carbocycles. The quantitative estimate of drug-likeness (QED) is 0.480. The van der Waals surface area contributed by atoms with Gasteiger partial charge >= 0.3 is 5.69 Å². The maximum Gasteiger partial charge on any atom is 0.310 e. The van der Waals surface area contributed by atoms with Gasteiger partial charge in [-0.2, -0.15) is 0 Å². The minimum absolute atomic E-state index is 0.00466. The second-order valence-corrected chi connectivity index (χ2v) is 7.97. The molecule has 2 aliphatic rings. The molecule has 0 atom stereocenters. The molecule has 1 aliphatic carbocycles. The van der Waals surface area contributed by atoms with E-state index in [0.29, 0.717) is 5.30 Å². The second-order valence-electron chi connectivity index (χ2n) is 5.44. The normalized spacial score (nSPS) is 18.7. The van der Waals surface area contributed by atoms with E-state index in [4.69, 9.17) is 4.74 Å². The Bertz CT molecular complexity index is 764. The van der Waals surface area contributed by atoms with Crippen LogP contribution in [0.15, 0.2) is 42.2 Å². The highest BCUT2D eigenvalue weighted by molar-refractivity contribution is 7.77. The summed E-state index contributed by atoms with van der Waals surface area (Å²) in [4.78, 5) is 23.8. The van der Waals surface area contributed by atoms with Crippen molar-refractivity contribution in [3.8, 4) is 5.75 Å². The molecule has 0 unspecified atom stereocenters. The zero-order chi connectivity index (χ0) is 16.6. The summed E-state index contributed by atoms with van der Waals surface area (Å²) in [6.07, 6.45) is 4.81. The van der Waals surface area contributed by atoms with Crippen LogP contribution in [0.2, 0.25) is 0 Å². The van der Waals surface area contributed by atoms with Crippen LogP contribution in [-0.2, 0) is 9.36 Å². The predicted molar refractivity (Wildman–Crippen MR) is 84.7 cm³/mol. The van der Waals surface area contributed by atoms with Gasteiger partial charge in [-0.3, -0.25) is 19.8 Å². The lowest BCUT2D eigenvalue weighted by Crippen LogP contribution is -2.23. The smallest absolute Gasteiger partial charge is 0.310 e. The third-order valence-corrected chi connectivity index (χ3v) is 6.08. The highest BCUT2D eigenvalue weighted by Gasteiger charge is 2.34. The Labute approximate surface area is 132 Å². The van der Waals surface area contributed by atoms with Crippen LogP contribution >= 0.6 is 7.14 Å². The molecule has 1 aliphatic heterocycles. The average Bonchev–Trinajstić information content (AvgIpc) is 3.39. The molecule has 120 valence electrons. The van der Waals surface area contributed by atoms with E-state index in [1.807, 2.05) is 0 Å². The van der Waals surface area contributed by atoms with E-state index in [9.17, 15) is 19.5 Å². The lowest BCUT2D eigenvalue weighted by Gasteiger charge is -2.21. The third-order valence-electron chi connectivity index (χ3n) is 3.84. The first-order valence-electron chi connectivity index (χ1n) is 7.08. The fourth-order valence-corrected chi connectivity index (χ4v) is 4.09. The van der Waals surface area contributed by atoms with Crippen molar-refractivity contribution in [1.29, 1.82) is 0 Å². The first kappa shape index (κ1) is 15.5. The molecule has 0 radical (unpaired) electrons. The van der Waals surface area contributed by atoms with E-state index in [1.165, 1.54) is 54.2 Å². The summed E-state index contributed by atoms with van der Waals surface area (Å²) in [7, 11) is -1.68. The average molecular weight is 334 g/mol. The van der Waals surface area contributed by atoms with Crippen LogP contribution in [-0.4, -0.2) is 22.8 Å². The number of ether oxygens (including phenoxy) is 1. The standard InChI is InChI=1S/C15H15N2O5P/c1-22-14-10-12(4-5-13(14)17(19)20)23(21)8-6-16(7-9-23)15(18)11-2-3-11/h4-11H,2-3H2,1H3. The van der Waals surface area contributed by atoms with Gasteiger partial charge in [0, 0.05) is 29.7 Å². The van der Waals surface area contributed by atoms with Crippen molar-refractivity contribution in [2.45, 2.75) is 12.8 Å². The summed E-state index contributed by atoms with van der Waals surface area (Å²) in [5, 5.41) is 11.3. The molecule has 1 heterocycles. The van der Waals surface area contributed by atoms with Gasteiger partial charge in [-0.1, -0.05) is 0 Å². The number of nitro groups is 1. The molecule has 1 amide bonds. The van der Waals surface area contributed by atoms with Crippen LogP contribution in [0.3, 0.4) is 0 Å². The van der Waals surface area contributed by atoms with Crippen molar-refractivity contribution in [2.24, 2.45) is 5.92 Å². The molecule has 3 rings (SSSR count). The van der Waals surface area contributed by atoms with Crippen LogP contribution in [0.1, 0.15) is 12.8 Å². The van der Waals surface area contributed by atoms with E-state index in [-0.39, 0.29) is 23.3 Å². The molecular weight excluding hydrogens is 319 g/mol. The summed E-state index contributed by atoms with van der Waals surface area (Å²) >= 11 is 0. The number of nitro benzene ring substituents is 1. The molecule has 1 aromatic rings. The van der Waals surface area contributed by atoms with Gasteiger partial charge in [0.25, 0.3) is 0 Å². The summed E-state index contributed by atoms with van der Waals surface area (Å²) < 4.78 is 18.0. The Balaban J connectivity index is 1.88. The van der Waals surface area contributed by atoms with E-state index in [0.717, 1.165) is 12.8 Å². The van der Waals surface area contributed by atoms with Crippen molar-refractivity contribution in [3.05, 3.63) is 52.3 Å². The minimum atomic E-state index is -3.00. The highest BCUT2D eigenvalue weighted by Crippen LogP contribution is 2.51. The van der Waals surface area contributed by atoms with Crippen LogP contribution in [0.4, 0.5) is 5.69 Å². The van der Waals surface area contributed by atoms with Gasteiger partial charge in [0.15, 0.2) is 12.9 Å². The van der Waals surface area contributed by atoms with Gasteiger partial charge in [0.05, 0.1) is 12.0 Å². The Morgan fingerprint density at radius 1 is 1.35 bits per heavy atom. The van der Waals surface area contributed by atoms with Gasteiger partial charge in [-0.25, -0.2) is 0 Å². The van der Waals surface area contributed by atoms with Crippen molar-refractivity contribution >= 4 is 24.0 Å². The van der Waals surface area contributed by atoms with Crippen molar-refractivity contribution in [3.63, 3.8) is 0 Å². The summed E-state index contributed by atoms with van der Waals surface area (Å²) in [5.74, 6) is 3.09. The molecule has 23 heavy (non-hydrogen) atoms. The monoisotopic (exact) mass is 334 g/mol. The molecule has 8 heteroatoms. The SMILES string of the molecule is COc1cc(P2(=O)C=CN(C(=O)C3CC3)C=C2)ccc1[N+](=O)[O-]. The number of rotatable bonds is 4. The van der Waals surface area contributed by atoms with Gasteiger partial charge in [-0.05, 0) is 36.6 Å². The van der Waals surface area contributed by atoms with Crippen molar-refractivity contribution in [1.82, 2.24) is 4.90 Å². The van der Waals surface area contributed by atoms with E-state index in [1.54, 1.807) is 0 Å². The molecule has 0 N–H and O–H groups in total. The number of benzene rings is 1. The molecule has 0 spiro atoms. The largest absolute Gasteiger partial charge is 0.490 e. The van der Waals surface area contributed by atoms with E-state index in [2.05, 4.69) is 0 Å². The van der Waals surface area contributed by atoms with Crippen molar-refractivity contribution < 1.29 is 19.0 Å². The maximum atomic E-state index is 13.0. The summed E-state index contributed by atoms with van der Waals surface area (Å²) in [5.41, 5.74) is -0.182. The Morgan fingerprint density at radius 2 is 2.00 bits per heavy atom. The zero-order valence-electron chi connectivity index (χ0n) is 12.4. The van der Waals surface area contributed by atoms with Crippen LogP contribution in [0.25, 0.3) is 0 Å². The van der Waals surface area contributed by atoms with E-state index < -0.39 is 12.1 Å². The lowest BCUT2D eigenvalue weighted by atomic mass is 10.3. The number of hydrogen-bond acceptors (Lipinski definition) is 5. The van der Waals surface area contributed by atoms with Gasteiger partial charge < -0.3 is 9.30 Å². The molecule has 7 nitrogen and oxygen atoms in total.